The van der Waals surface area contributed by atoms with E-state index in [1.807, 2.05) is 5.57 Å². The molecule has 0 saturated heterocycles. The van der Waals surface area contributed by atoms with Crippen LogP contribution in [-0.2, 0) is 0 Å². The number of rotatable bonds is 0. The Morgan fingerprint density at radius 1 is 0.652 bits per heavy atom. The summed E-state index contributed by atoms with van der Waals surface area (Å²) < 4.78 is 0. The Morgan fingerprint density at radius 3 is 2.13 bits per heavy atom. The van der Waals surface area contributed by atoms with E-state index < -0.39 is 0 Å². The second-order valence-electron chi connectivity index (χ2n) is 8.26. The topological polar surface area (TPSA) is 0 Å². The highest BCUT2D eigenvalue weighted by atomic mass is 14.5. The molecule has 0 nitrogen and oxygen atoms in total. The maximum Gasteiger partial charge on any atom is -0.00992 e. The fraction of sp³-hybridized carbons (Fsp3) is 0.391. The van der Waals surface area contributed by atoms with Crippen molar-refractivity contribution in [2.24, 2.45) is 23.7 Å². The van der Waals surface area contributed by atoms with Crippen molar-refractivity contribution in [2.75, 3.05) is 0 Å². The molecule has 0 atom stereocenters. The molecule has 0 aliphatic heterocycles. The van der Waals surface area contributed by atoms with Gasteiger partial charge in [0, 0.05) is 0 Å². The van der Waals surface area contributed by atoms with Crippen LogP contribution >= 0.6 is 0 Å². The van der Waals surface area contributed by atoms with Crippen LogP contribution in [0.4, 0.5) is 0 Å². The number of hydrogen-bond donors (Lipinski definition) is 0. The first kappa shape index (κ1) is 12.6. The fourth-order valence-electron chi connectivity index (χ4n) is 6.36. The minimum atomic E-state index is 0.884. The highest BCUT2D eigenvalue weighted by Crippen LogP contribution is 2.56. The first-order valence-corrected chi connectivity index (χ1v) is 9.31. The van der Waals surface area contributed by atoms with Crippen molar-refractivity contribution < 1.29 is 0 Å². The van der Waals surface area contributed by atoms with E-state index in [0.717, 1.165) is 23.7 Å². The van der Waals surface area contributed by atoms with Crippen molar-refractivity contribution in [3.63, 3.8) is 0 Å². The van der Waals surface area contributed by atoms with Gasteiger partial charge in [-0.15, -0.1) is 0 Å². The summed E-state index contributed by atoms with van der Waals surface area (Å²) in [4.78, 5) is 0. The van der Waals surface area contributed by atoms with E-state index in [4.69, 9.17) is 0 Å². The fourth-order valence-corrected chi connectivity index (χ4v) is 6.36. The smallest absolute Gasteiger partial charge is 0.00992 e. The zero-order chi connectivity index (χ0) is 15.0. The van der Waals surface area contributed by atoms with Crippen molar-refractivity contribution >= 4 is 11.6 Å². The van der Waals surface area contributed by atoms with E-state index in [2.05, 4.69) is 48.5 Å². The molecule has 0 heteroatoms. The standard InChI is InChI=1S/C23H22/c1-2-5-19-16(4-1)13-22-20(19)6-3-7-21(22)23-17-9-14-8-15(11-17)12-18(23)10-14/h1-7,13-15,17-18H,8-12H2. The Morgan fingerprint density at radius 2 is 1.35 bits per heavy atom. The van der Waals surface area contributed by atoms with Crippen LogP contribution in [-0.4, -0.2) is 0 Å². The molecule has 5 aliphatic rings. The Bertz CT molecular complexity index is 901. The highest BCUT2D eigenvalue weighted by Gasteiger charge is 2.45. The van der Waals surface area contributed by atoms with Gasteiger partial charge in [-0.2, -0.15) is 0 Å². The molecule has 0 radical (unpaired) electrons. The third kappa shape index (κ3) is 1.67. The average Bonchev–Trinajstić information content (AvgIpc) is 2.93. The van der Waals surface area contributed by atoms with Crippen molar-refractivity contribution in [2.45, 2.75) is 32.1 Å². The Kier molecular flexibility index (Phi) is 2.40. The minimum Gasteiger partial charge on any atom is -0.0616 e. The summed E-state index contributed by atoms with van der Waals surface area (Å²) in [6, 6.07) is 15.9. The van der Waals surface area contributed by atoms with Gasteiger partial charge in [-0.25, -0.2) is 0 Å². The molecular weight excluding hydrogens is 276 g/mol. The molecule has 0 aromatic heterocycles. The molecule has 23 heavy (non-hydrogen) atoms. The first-order valence-electron chi connectivity index (χ1n) is 9.31. The van der Waals surface area contributed by atoms with E-state index in [1.165, 1.54) is 54.0 Å². The van der Waals surface area contributed by atoms with Gasteiger partial charge in [0.25, 0.3) is 0 Å². The predicted octanol–water partition coefficient (Wildman–Crippen LogP) is 4.10. The van der Waals surface area contributed by atoms with E-state index in [-0.39, 0.29) is 0 Å². The Balaban J connectivity index is 1.65. The Labute approximate surface area is 137 Å². The predicted molar refractivity (Wildman–Crippen MR) is 95.1 cm³/mol. The van der Waals surface area contributed by atoms with E-state index in [1.54, 1.807) is 5.22 Å². The molecule has 4 bridgehead atoms. The lowest BCUT2D eigenvalue weighted by atomic mass is 9.54. The summed E-state index contributed by atoms with van der Waals surface area (Å²) in [5.74, 6) is 3.85. The van der Waals surface area contributed by atoms with Gasteiger partial charge in [-0.1, -0.05) is 48.0 Å². The lowest BCUT2D eigenvalue weighted by Gasteiger charge is -2.51. The van der Waals surface area contributed by atoms with Crippen LogP contribution in [0.2, 0.25) is 0 Å². The van der Waals surface area contributed by atoms with Gasteiger partial charge >= 0.3 is 0 Å². The van der Waals surface area contributed by atoms with Crippen LogP contribution in [0.1, 0.15) is 37.7 Å². The maximum absolute atomic E-state index is 2.44. The maximum atomic E-state index is 2.44. The number of fused-ring (bicyclic) bond motifs is 3. The SMILES string of the molecule is C1=c2c(cccc2=C2C3CC4CC(C3)CC2C4)-c2ccccc21. The molecule has 0 heterocycles. The van der Waals surface area contributed by atoms with Crippen LogP contribution in [0.25, 0.3) is 22.8 Å². The normalized spacial score (nSPS) is 32.6. The lowest BCUT2D eigenvalue weighted by molar-refractivity contribution is 0.0945. The third-order valence-corrected chi connectivity index (χ3v) is 6.99. The van der Waals surface area contributed by atoms with Gasteiger partial charge in [0.15, 0.2) is 0 Å². The van der Waals surface area contributed by atoms with Gasteiger partial charge in [-0.3, -0.25) is 0 Å². The molecule has 0 unspecified atom stereocenters. The van der Waals surface area contributed by atoms with Crippen molar-refractivity contribution in [1.29, 1.82) is 0 Å². The number of hydrogen-bond acceptors (Lipinski definition) is 0. The highest BCUT2D eigenvalue weighted by molar-refractivity contribution is 5.83. The molecule has 114 valence electrons. The summed E-state index contributed by atoms with van der Waals surface area (Å²) in [5.41, 5.74) is 6.12. The zero-order valence-corrected chi connectivity index (χ0v) is 13.5. The molecule has 4 saturated carbocycles. The Hall–Kier alpha value is -1.82. The van der Waals surface area contributed by atoms with Crippen LogP contribution in [0.3, 0.4) is 0 Å². The minimum absolute atomic E-state index is 0.884. The van der Waals surface area contributed by atoms with Crippen molar-refractivity contribution in [3.05, 3.63) is 58.5 Å². The molecule has 0 amide bonds. The molecule has 2 aromatic rings. The molecule has 4 fully saturated rings. The largest absolute Gasteiger partial charge is 0.0616 e. The van der Waals surface area contributed by atoms with Crippen LogP contribution in [0, 0.1) is 23.7 Å². The van der Waals surface area contributed by atoms with Crippen molar-refractivity contribution in [1.82, 2.24) is 0 Å². The summed E-state index contributed by atoms with van der Waals surface area (Å²) in [6.45, 7) is 0. The monoisotopic (exact) mass is 298 g/mol. The summed E-state index contributed by atoms with van der Waals surface area (Å²) in [6.07, 6.45) is 9.86. The van der Waals surface area contributed by atoms with E-state index >= 15 is 0 Å². The molecular formula is C23H22. The second kappa shape index (κ2) is 4.38. The molecule has 0 spiro atoms. The molecule has 0 N–H and O–H groups in total. The molecule has 2 aromatic carbocycles. The van der Waals surface area contributed by atoms with Gasteiger partial charge in [0.2, 0.25) is 0 Å². The van der Waals surface area contributed by atoms with Crippen LogP contribution < -0.4 is 10.4 Å². The van der Waals surface area contributed by atoms with Crippen molar-refractivity contribution in [3.8, 4) is 11.1 Å². The van der Waals surface area contributed by atoms with Gasteiger partial charge in [-0.05, 0) is 89.0 Å². The summed E-state index contributed by atoms with van der Waals surface area (Å²) in [5, 5.41) is 3.10. The second-order valence-corrected chi connectivity index (χ2v) is 8.26. The van der Waals surface area contributed by atoms with Gasteiger partial charge in [0.1, 0.15) is 0 Å². The summed E-state index contributed by atoms with van der Waals surface area (Å²) in [7, 11) is 0. The van der Waals surface area contributed by atoms with Gasteiger partial charge < -0.3 is 0 Å². The third-order valence-electron chi connectivity index (χ3n) is 6.99. The van der Waals surface area contributed by atoms with Crippen LogP contribution in [0.5, 0.6) is 0 Å². The zero-order valence-electron chi connectivity index (χ0n) is 13.5. The van der Waals surface area contributed by atoms with E-state index in [9.17, 15) is 0 Å². The van der Waals surface area contributed by atoms with Crippen LogP contribution in [0.15, 0.2) is 42.5 Å². The molecule has 7 rings (SSSR count). The lowest BCUT2D eigenvalue weighted by Crippen LogP contribution is -2.44. The quantitative estimate of drug-likeness (QED) is 0.586. The van der Waals surface area contributed by atoms with E-state index in [0.29, 0.717) is 0 Å². The molecule has 5 aliphatic carbocycles. The van der Waals surface area contributed by atoms with Gasteiger partial charge in [0.05, 0.1) is 0 Å². The first-order chi connectivity index (χ1) is 11.4. The number of benzene rings is 2. The summed E-state index contributed by atoms with van der Waals surface area (Å²) >= 11 is 0. The average molecular weight is 298 g/mol.